The van der Waals surface area contributed by atoms with Crippen LogP contribution in [0.3, 0.4) is 0 Å². The Bertz CT molecular complexity index is 1550. The molecule has 0 radical (unpaired) electrons. The standard InChI is InChI=1S/C30H20N2S/c1-3-11-25-23(9-1)24-10-2-4-12-26(24)31(25)21-17-19-22(20-18-21)32-27-13-5-7-15-29(27)33-30-16-8-6-14-28(30)32/h1-20H. The van der Waals surface area contributed by atoms with E-state index >= 15 is 0 Å². The van der Waals surface area contributed by atoms with Crippen LogP contribution in [0.1, 0.15) is 0 Å². The zero-order chi connectivity index (χ0) is 21.8. The van der Waals surface area contributed by atoms with Crippen LogP contribution in [-0.2, 0) is 0 Å². The Labute approximate surface area is 196 Å². The fraction of sp³-hybridized carbons (Fsp3) is 0. The van der Waals surface area contributed by atoms with Crippen LogP contribution in [0.5, 0.6) is 0 Å². The molecule has 5 aromatic carbocycles. The van der Waals surface area contributed by atoms with Crippen LogP contribution in [0.4, 0.5) is 17.1 Å². The van der Waals surface area contributed by atoms with Crippen molar-refractivity contribution in [2.45, 2.75) is 9.79 Å². The number of rotatable bonds is 2. The van der Waals surface area contributed by atoms with Crippen molar-refractivity contribution in [1.82, 2.24) is 4.57 Å². The number of nitrogens with zero attached hydrogens (tertiary/aromatic N) is 2. The molecule has 2 heterocycles. The van der Waals surface area contributed by atoms with Crippen molar-refractivity contribution in [2.75, 3.05) is 4.90 Å². The van der Waals surface area contributed by atoms with E-state index in [9.17, 15) is 0 Å². The number of para-hydroxylation sites is 4. The second kappa shape index (κ2) is 7.29. The molecule has 0 fully saturated rings. The zero-order valence-electron chi connectivity index (χ0n) is 17.8. The molecule has 0 aliphatic carbocycles. The first-order valence-corrected chi connectivity index (χ1v) is 11.9. The highest BCUT2D eigenvalue weighted by Crippen LogP contribution is 2.51. The summed E-state index contributed by atoms with van der Waals surface area (Å²) >= 11 is 1.84. The van der Waals surface area contributed by atoms with Crippen LogP contribution in [-0.4, -0.2) is 4.57 Å². The van der Waals surface area contributed by atoms with Gasteiger partial charge in [-0.1, -0.05) is 72.4 Å². The highest BCUT2D eigenvalue weighted by atomic mass is 32.2. The summed E-state index contributed by atoms with van der Waals surface area (Å²) in [5, 5.41) is 2.57. The van der Waals surface area contributed by atoms with Gasteiger partial charge in [0.15, 0.2) is 0 Å². The molecule has 0 saturated heterocycles. The molecule has 33 heavy (non-hydrogen) atoms. The van der Waals surface area contributed by atoms with Crippen LogP contribution in [0.25, 0.3) is 27.5 Å². The summed E-state index contributed by atoms with van der Waals surface area (Å²) in [5.74, 6) is 0. The highest BCUT2D eigenvalue weighted by molar-refractivity contribution is 7.99. The molecule has 2 nitrogen and oxygen atoms in total. The van der Waals surface area contributed by atoms with E-state index in [0.29, 0.717) is 0 Å². The minimum Gasteiger partial charge on any atom is -0.309 e. The van der Waals surface area contributed by atoms with Gasteiger partial charge < -0.3 is 9.47 Å². The van der Waals surface area contributed by atoms with Crippen molar-refractivity contribution in [2.24, 2.45) is 0 Å². The van der Waals surface area contributed by atoms with Gasteiger partial charge in [-0.3, -0.25) is 0 Å². The van der Waals surface area contributed by atoms with Gasteiger partial charge in [0.2, 0.25) is 0 Å². The maximum atomic E-state index is 2.37. The minimum absolute atomic E-state index is 1.17. The third-order valence-corrected chi connectivity index (χ3v) is 7.51. The normalized spacial score (nSPS) is 12.7. The quantitative estimate of drug-likeness (QED) is 0.266. The Morgan fingerprint density at radius 3 is 1.45 bits per heavy atom. The van der Waals surface area contributed by atoms with E-state index in [1.54, 1.807) is 0 Å². The molecule has 7 rings (SSSR count). The third kappa shape index (κ3) is 2.83. The lowest BCUT2D eigenvalue weighted by atomic mass is 10.1. The Morgan fingerprint density at radius 2 is 0.879 bits per heavy atom. The smallest absolute Gasteiger partial charge is 0.0601 e. The molecular weight excluding hydrogens is 420 g/mol. The summed E-state index contributed by atoms with van der Waals surface area (Å²) in [5.41, 5.74) is 7.26. The van der Waals surface area contributed by atoms with Crippen molar-refractivity contribution in [3.63, 3.8) is 0 Å². The van der Waals surface area contributed by atoms with Gasteiger partial charge in [0.1, 0.15) is 0 Å². The first kappa shape index (κ1) is 18.6. The summed E-state index contributed by atoms with van der Waals surface area (Å²) in [6.45, 7) is 0. The van der Waals surface area contributed by atoms with Crippen molar-refractivity contribution >= 4 is 50.6 Å². The lowest BCUT2D eigenvalue weighted by Crippen LogP contribution is -2.14. The molecule has 1 aliphatic rings. The summed E-state index contributed by atoms with van der Waals surface area (Å²) in [6.07, 6.45) is 0. The summed E-state index contributed by atoms with van der Waals surface area (Å²) < 4.78 is 2.36. The highest BCUT2D eigenvalue weighted by Gasteiger charge is 2.24. The molecule has 0 bridgehead atoms. The number of anilines is 3. The average Bonchev–Trinajstić information content (AvgIpc) is 3.22. The molecule has 6 aromatic rings. The van der Waals surface area contributed by atoms with Crippen molar-refractivity contribution in [3.05, 3.63) is 121 Å². The van der Waals surface area contributed by atoms with E-state index in [2.05, 4.69) is 131 Å². The van der Waals surface area contributed by atoms with Crippen molar-refractivity contribution in [1.29, 1.82) is 0 Å². The lowest BCUT2D eigenvalue weighted by Gasteiger charge is -2.32. The number of hydrogen-bond donors (Lipinski definition) is 0. The predicted octanol–water partition coefficient (Wildman–Crippen LogP) is 8.72. The Morgan fingerprint density at radius 1 is 0.424 bits per heavy atom. The Balaban J connectivity index is 1.40. The largest absolute Gasteiger partial charge is 0.309 e. The molecule has 156 valence electrons. The van der Waals surface area contributed by atoms with E-state index < -0.39 is 0 Å². The fourth-order valence-corrected chi connectivity index (χ4v) is 5.99. The zero-order valence-corrected chi connectivity index (χ0v) is 18.7. The van der Waals surface area contributed by atoms with Crippen LogP contribution in [0, 0.1) is 0 Å². The predicted molar refractivity (Wildman–Crippen MR) is 140 cm³/mol. The molecule has 1 aliphatic heterocycles. The summed E-state index contributed by atoms with van der Waals surface area (Å²) in [6, 6.07) is 43.5. The molecular formula is C30H20N2S. The van der Waals surface area contributed by atoms with Gasteiger partial charge in [-0.15, -0.1) is 0 Å². The van der Waals surface area contributed by atoms with E-state index in [-0.39, 0.29) is 0 Å². The molecule has 0 amide bonds. The van der Waals surface area contributed by atoms with Gasteiger partial charge in [0, 0.05) is 31.9 Å². The van der Waals surface area contributed by atoms with Crippen LogP contribution in [0.2, 0.25) is 0 Å². The van der Waals surface area contributed by atoms with E-state index in [4.69, 9.17) is 0 Å². The fourth-order valence-electron chi connectivity index (χ4n) is 4.93. The maximum absolute atomic E-state index is 2.37. The topological polar surface area (TPSA) is 8.17 Å². The van der Waals surface area contributed by atoms with E-state index in [0.717, 1.165) is 0 Å². The SMILES string of the molecule is c1ccc2c(c1)Sc1ccccc1N2c1ccc(-n2c3ccccc3c3ccccc32)cc1. The van der Waals surface area contributed by atoms with Crippen LogP contribution >= 0.6 is 11.8 Å². The molecule has 0 atom stereocenters. The Hall–Kier alpha value is -3.95. The second-order valence-corrected chi connectivity index (χ2v) is 9.34. The van der Waals surface area contributed by atoms with Gasteiger partial charge in [0.05, 0.1) is 22.4 Å². The Kier molecular flexibility index (Phi) is 4.11. The number of benzene rings is 5. The first-order chi connectivity index (χ1) is 16.4. The molecule has 1 aromatic heterocycles. The summed E-state index contributed by atoms with van der Waals surface area (Å²) in [4.78, 5) is 4.93. The lowest BCUT2D eigenvalue weighted by molar-refractivity contribution is 1.15. The maximum Gasteiger partial charge on any atom is 0.0601 e. The number of hydrogen-bond acceptors (Lipinski definition) is 2. The van der Waals surface area contributed by atoms with E-state index in [1.807, 2.05) is 11.8 Å². The first-order valence-electron chi connectivity index (χ1n) is 11.1. The molecule has 0 spiro atoms. The average molecular weight is 441 g/mol. The van der Waals surface area contributed by atoms with Gasteiger partial charge >= 0.3 is 0 Å². The van der Waals surface area contributed by atoms with Crippen molar-refractivity contribution < 1.29 is 0 Å². The van der Waals surface area contributed by atoms with Gasteiger partial charge in [-0.2, -0.15) is 0 Å². The summed E-state index contributed by atoms with van der Waals surface area (Å²) in [7, 11) is 0. The van der Waals surface area contributed by atoms with Gasteiger partial charge in [-0.05, 0) is 60.7 Å². The van der Waals surface area contributed by atoms with Gasteiger partial charge in [-0.25, -0.2) is 0 Å². The van der Waals surface area contributed by atoms with Gasteiger partial charge in [0.25, 0.3) is 0 Å². The molecule has 0 unspecified atom stereocenters. The molecule has 0 saturated carbocycles. The van der Waals surface area contributed by atoms with Crippen LogP contribution < -0.4 is 4.90 Å². The number of fused-ring (bicyclic) bond motifs is 5. The van der Waals surface area contributed by atoms with E-state index in [1.165, 1.54) is 54.3 Å². The molecule has 0 N–H and O–H groups in total. The van der Waals surface area contributed by atoms with Crippen molar-refractivity contribution in [3.8, 4) is 5.69 Å². The number of aromatic nitrogens is 1. The molecule has 3 heteroatoms. The van der Waals surface area contributed by atoms with Crippen LogP contribution in [0.15, 0.2) is 131 Å². The monoisotopic (exact) mass is 440 g/mol. The second-order valence-electron chi connectivity index (χ2n) is 8.26. The third-order valence-electron chi connectivity index (χ3n) is 6.38. The minimum atomic E-state index is 1.17.